The highest BCUT2D eigenvalue weighted by molar-refractivity contribution is 7.92. The second-order valence-electron chi connectivity index (χ2n) is 6.97. The number of para-hydroxylation sites is 1. The Morgan fingerprint density at radius 2 is 1.68 bits per heavy atom. The van der Waals surface area contributed by atoms with E-state index >= 15 is 0 Å². The summed E-state index contributed by atoms with van der Waals surface area (Å²) in [5, 5.41) is 3.27. The lowest BCUT2D eigenvalue weighted by Crippen LogP contribution is -2.33. The van der Waals surface area contributed by atoms with Crippen molar-refractivity contribution in [1.82, 2.24) is 5.32 Å². The number of nitrogens with zero attached hydrogens (tertiary/aromatic N) is 1. The van der Waals surface area contributed by atoms with Crippen molar-refractivity contribution < 1.29 is 13.2 Å². The molecule has 5 nitrogen and oxygen atoms in total. The molecular weight excluding hydrogens is 432 g/mol. The molecule has 0 saturated heterocycles. The first-order chi connectivity index (χ1) is 14.8. The number of rotatable bonds is 8. The van der Waals surface area contributed by atoms with Gasteiger partial charge in [0.2, 0.25) is 0 Å². The third kappa shape index (κ3) is 5.34. The summed E-state index contributed by atoms with van der Waals surface area (Å²) in [7, 11) is -3.96. The molecule has 0 radical (unpaired) electrons. The van der Waals surface area contributed by atoms with Crippen LogP contribution >= 0.6 is 11.6 Å². The van der Waals surface area contributed by atoms with Gasteiger partial charge in [-0.25, -0.2) is 8.42 Å². The SMILES string of the molecule is C=CCNC(=O)c1ccccc1N(Cc1ccc(Cl)cc1)S(=O)(=O)c1ccc(C)cc1. The minimum absolute atomic E-state index is 0.0408. The van der Waals surface area contributed by atoms with Crippen molar-refractivity contribution in [2.45, 2.75) is 18.4 Å². The Kier molecular flexibility index (Phi) is 7.15. The maximum Gasteiger partial charge on any atom is 0.264 e. The summed E-state index contributed by atoms with van der Waals surface area (Å²) in [5.41, 5.74) is 2.24. The Balaban J connectivity index is 2.12. The molecule has 3 aromatic rings. The number of amides is 1. The Labute approximate surface area is 188 Å². The highest BCUT2D eigenvalue weighted by atomic mass is 35.5. The molecule has 1 N–H and O–H groups in total. The van der Waals surface area contributed by atoms with Crippen LogP contribution < -0.4 is 9.62 Å². The van der Waals surface area contributed by atoms with Crippen LogP contribution in [0, 0.1) is 6.92 Å². The van der Waals surface area contributed by atoms with Gasteiger partial charge in [-0.3, -0.25) is 9.10 Å². The number of hydrogen-bond acceptors (Lipinski definition) is 3. The molecule has 0 aliphatic heterocycles. The minimum Gasteiger partial charge on any atom is -0.349 e. The summed E-state index contributed by atoms with van der Waals surface area (Å²) < 4.78 is 28.6. The Bertz CT molecular complexity index is 1170. The number of anilines is 1. The van der Waals surface area contributed by atoms with Gasteiger partial charge in [0.15, 0.2) is 0 Å². The van der Waals surface area contributed by atoms with E-state index in [2.05, 4.69) is 11.9 Å². The van der Waals surface area contributed by atoms with E-state index in [0.29, 0.717) is 10.7 Å². The molecule has 0 unspecified atom stereocenters. The van der Waals surface area contributed by atoms with E-state index in [0.717, 1.165) is 11.1 Å². The number of benzene rings is 3. The van der Waals surface area contributed by atoms with Crippen LogP contribution in [0.4, 0.5) is 5.69 Å². The molecular formula is C24H23ClN2O3S. The van der Waals surface area contributed by atoms with Crippen molar-refractivity contribution in [1.29, 1.82) is 0 Å². The summed E-state index contributed by atoms with van der Waals surface area (Å²) in [6.07, 6.45) is 1.56. The molecule has 0 aliphatic rings. The fraction of sp³-hybridized carbons (Fsp3) is 0.125. The van der Waals surface area contributed by atoms with Gasteiger partial charge in [-0.15, -0.1) is 6.58 Å². The van der Waals surface area contributed by atoms with Crippen LogP contribution in [0.3, 0.4) is 0 Å². The second-order valence-corrected chi connectivity index (χ2v) is 9.27. The molecule has 0 fully saturated rings. The fourth-order valence-electron chi connectivity index (χ4n) is 3.04. The van der Waals surface area contributed by atoms with Crippen molar-refractivity contribution in [3.8, 4) is 0 Å². The molecule has 3 aromatic carbocycles. The van der Waals surface area contributed by atoms with Gasteiger partial charge in [-0.2, -0.15) is 0 Å². The van der Waals surface area contributed by atoms with Crippen LogP contribution in [0.5, 0.6) is 0 Å². The quantitative estimate of drug-likeness (QED) is 0.489. The van der Waals surface area contributed by atoms with E-state index in [1.54, 1.807) is 78.9 Å². The molecule has 1 amide bonds. The topological polar surface area (TPSA) is 66.5 Å². The van der Waals surface area contributed by atoms with E-state index in [-0.39, 0.29) is 29.5 Å². The third-order valence-electron chi connectivity index (χ3n) is 4.67. The van der Waals surface area contributed by atoms with Crippen LogP contribution in [0.2, 0.25) is 5.02 Å². The van der Waals surface area contributed by atoms with E-state index < -0.39 is 10.0 Å². The minimum atomic E-state index is -3.96. The normalized spacial score (nSPS) is 11.0. The zero-order valence-electron chi connectivity index (χ0n) is 17.1. The van der Waals surface area contributed by atoms with Gasteiger partial charge < -0.3 is 5.32 Å². The molecule has 0 bridgehead atoms. The average molecular weight is 455 g/mol. The predicted molar refractivity (Wildman–Crippen MR) is 125 cm³/mol. The van der Waals surface area contributed by atoms with Crippen molar-refractivity contribution in [3.63, 3.8) is 0 Å². The van der Waals surface area contributed by atoms with E-state index in [1.807, 2.05) is 6.92 Å². The van der Waals surface area contributed by atoms with E-state index in [4.69, 9.17) is 11.6 Å². The van der Waals surface area contributed by atoms with Gasteiger partial charge in [0.25, 0.3) is 15.9 Å². The van der Waals surface area contributed by atoms with Gasteiger partial charge in [0.05, 0.1) is 22.7 Å². The van der Waals surface area contributed by atoms with Gasteiger partial charge in [-0.1, -0.05) is 59.6 Å². The van der Waals surface area contributed by atoms with Crippen molar-refractivity contribution in [3.05, 3.63) is 107 Å². The predicted octanol–water partition coefficient (Wildman–Crippen LogP) is 4.96. The first-order valence-electron chi connectivity index (χ1n) is 9.65. The van der Waals surface area contributed by atoms with Gasteiger partial charge >= 0.3 is 0 Å². The fourth-order valence-corrected chi connectivity index (χ4v) is 4.63. The number of carbonyl (C=O) groups excluding carboxylic acids is 1. The highest BCUT2D eigenvalue weighted by Crippen LogP contribution is 2.29. The molecule has 160 valence electrons. The number of halogens is 1. The summed E-state index contributed by atoms with van der Waals surface area (Å²) in [5.74, 6) is -0.379. The number of hydrogen-bond donors (Lipinski definition) is 1. The van der Waals surface area contributed by atoms with Gasteiger partial charge in [0.1, 0.15) is 0 Å². The van der Waals surface area contributed by atoms with Crippen LogP contribution in [-0.4, -0.2) is 20.9 Å². The van der Waals surface area contributed by atoms with Crippen LogP contribution in [0.25, 0.3) is 0 Å². The van der Waals surface area contributed by atoms with Crippen LogP contribution in [-0.2, 0) is 16.6 Å². The maximum absolute atomic E-state index is 13.7. The molecule has 3 rings (SSSR count). The maximum atomic E-state index is 13.7. The Morgan fingerprint density at radius 1 is 1.03 bits per heavy atom. The number of carbonyl (C=O) groups is 1. The largest absolute Gasteiger partial charge is 0.349 e. The van der Waals surface area contributed by atoms with Crippen molar-refractivity contribution >= 4 is 33.2 Å². The third-order valence-corrected chi connectivity index (χ3v) is 6.70. The molecule has 31 heavy (non-hydrogen) atoms. The summed E-state index contributed by atoms with van der Waals surface area (Å²) in [6, 6.07) is 20.2. The smallest absolute Gasteiger partial charge is 0.264 e. The standard InChI is InChI=1S/C24H23ClN2O3S/c1-3-16-26-24(28)22-6-4-5-7-23(22)27(17-19-10-12-20(25)13-11-19)31(29,30)21-14-8-18(2)9-15-21/h3-15H,1,16-17H2,2H3,(H,26,28). The second kappa shape index (κ2) is 9.81. The van der Waals surface area contributed by atoms with Crippen LogP contribution in [0.1, 0.15) is 21.5 Å². The zero-order chi connectivity index (χ0) is 22.4. The molecule has 0 spiro atoms. The van der Waals surface area contributed by atoms with E-state index in [9.17, 15) is 13.2 Å². The monoisotopic (exact) mass is 454 g/mol. The zero-order valence-corrected chi connectivity index (χ0v) is 18.7. The summed E-state index contributed by atoms with van der Waals surface area (Å²) in [6.45, 7) is 5.80. The highest BCUT2D eigenvalue weighted by Gasteiger charge is 2.28. The van der Waals surface area contributed by atoms with Gasteiger partial charge in [0, 0.05) is 11.6 Å². The number of aryl methyl sites for hydroxylation is 1. The Hall–Kier alpha value is -3.09. The first-order valence-corrected chi connectivity index (χ1v) is 11.5. The first kappa shape index (κ1) is 22.6. The molecule has 0 aliphatic carbocycles. The van der Waals surface area contributed by atoms with Gasteiger partial charge in [-0.05, 0) is 48.9 Å². The summed E-state index contributed by atoms with van der Waals surface area (Å²) in [4.78, 5) is 12.9. The summed E-state index contributed by atoms with van der Waals surface area (Å²) >= 11 is 5.99. The molecule has 0 heterocycles. The van der Waals surface area contributed by atoms with Crippen molar-refractivity contribution in [2.75, 3.05) is 10.8 Å². The van der Waals surface area contributed by atoms with Crippen molar-refractivity contribution in [2.24, 2.45) is 0 Å². The lowest BCUT2D eigenvalue weighted by Gasteiger charge is -2.26. The molecule has 0 atom stereocenters. The Morgan fingerprint density at radius 3 is 2.32 bits per heavy atom. The molecule has 0 aromatic heterocycles. The molecule has 7 heteroatoms. The van der Waals surface area contributed by atoms with Crippen LogP contribution in [0.15, 0.2) is 90.3 Å². The molecule has 0 saturated carbocycles. The lowest BCUT2D eigenvalue weighted by atomic mass is 10.1. The van der Waals surface area contributed by atoms with E-state index in [1.165, 1.54) is 4.31 Å². The number of sulfonamides is 1. The number of nitrogens with one attached hydrogen (secondary N) is 1. The lowest BCUT2D eigenvalue weighted by molar-refractivity contribution is 0.0958. The average Bonchev–Trinajstić information content (AvgIpc) is 2.77.